The first kappa shape index (κ1) is 11.7. The van der Waals surface area contributed by atoms with Crippen LogP contribution >= 0.6 is 0 Å². The minimum absolute atomic E-state index is 0.187. The summed E-state index contributed by atoms with van der Waals surface area (Å²) in [4.78, 5) is 11.1. The Labute approximate surface area is 90.4 Å². The normalized spacial score (nSPS) is 9.93. The van der Waals surface area contributed by atoms with E-state index in [1.165, 1.54) is 5.56 Å². The van der Waals surface area contributed by atoms with Crippen LogP contribution in [0.2, 0.25) is 0 Å². The number of esters is 1. The Morgan fingerprint density at radius 3 is 2.73 bits per heavy atom. The Bertz CT molecular complexity index is 285. The van der Waals surface area contributed by atoms with Crippen LogP contribution in [0, 0.1) is 0 Å². The van der Waals surface area contributed by atoms with Crippen LogP contribution in [0.3, 0.4) is 0 Å². The third-order valence-electron chi connectivity index (χ3n) is 2.02. The second-order valence-corrected chi connectivity index (χ2v) is 3.24. The van der Waals surface area contributed by atoms with E-state index in [0.717, 1.165) is 13.0 Å². The summed E-state index contributed by atoms with van der Waals surface area (Å²) in [6.07, 6.45) is 0.776. The molecule has 0 unspecified atom stereocenters. The van der Waals surface area contributed by atoms with E-state index in [4.69, 9.17) is 4.74 Å². The highest BCUT2D eigenvalue weighted by atomic mass is 16.5. The molecule has 0 radical (unpaired) electrons. The summed E-state index contributed by atoms with van der Waals surface area (Å²) in [6.45, 7) is 3.49. The van der Waals surface area contributed by atoms with Crippen molar-refractivity contribution in [2.75, 3.05) is 19.7 Å². The lowest BCUT2D eigenvalue weighted by molar-refractivity contribution is -0.142. The van der Waals surface area contributed by atoms with Gasteiger partial charge in [0.05, 0.1) is 13.2 Å². The number of hydrogen-bond donors (Lipinski definition) is 1. The number of hydrogen-bond acceptors (Lipinski definition) is 3. The SMILES string of the molecule is CCNCC(=O)OCCc1ccccc1. The van der Waals surface area contributed by atoms with Crippen LogP contribution in [0.4, 0.5) is 0 Å². The summed E-state index contributed by atoms with van der Waals surface area (Å²) in [5, 5.41) is 2.92. The average molecular weight is 207 g/mol. The van der Waals surface area contributed by atoms with E-state index >= 15 is 0 Å². The summed E-state index contributed by atoms with van der Waals surface area (Å²) in [5.74, 6) is -0.187. The molecule has 15 heavy (non-hydrogen) atoms. The molecule has 0 atom stereocenters. The quantitative estimate of drug-likeness (QED) is 0.716. The number of carbonyl (C=O) groups is 1. The van der Waals surface area contributed by atoms with Crippen molar-refractivity contribution in [1.82, 2.24) is 5.32 Å². The van der Waals surface area contributed by atoms with E-state index in [1.807, 2.05) is 37.3 Å². The maximum atomic E-state index is 11.1. The van der Waals surface area contributed by atoms with Crippen molar-refractivity contribution >= 4 is 5.97 Å². The summed E-state index contributed by atoms with van der Waals surface area (Å²) in [5.41, 5.74) is 1.19. The first-order valence-corrected chi connectivity index (χ1v) is 5.23. The Balaban J connectivity index is 2.14. The first-order valence-electron chi connectivity index (χ1n) is 5.23. The predicted molar refractivity (Wildman–Crippen MR) is 59.6 cm³/mol. The van der Waals surface area contributed by atoms with Gasteiger partial charge in [-0.05, 0) is 12.1 Å². The molecule has 82 valence electrons. The Hall–Kier alpha value is -1.35. The van der Waals surface area contributed by atoms with Crippen molar-refractivity contribution in [2.45, 2.75) is 13.3 Å². The van der Waals surface area contributed by atoms with E-state index in [1.54, 1.807) is 0 Å². The smallest absolute Gasteiger partial charge is 0.319 e. The second-order valence-electron chi connectivity index (χ2n) is 3.24. The van der Waals surface area contributed by atoms with Crippen molar-refractivity contribution in [3.63, 3.8) is 0 Å². The lowest BCUT2D eigenvalue weighted by Gasteiger charge is -2.04. The fraction of sp³-hybridized carbons (Fsp3) is 0.417. The van der Waals surface area contributed by atoms with Gasteiger partial charge < -0.3 is 10.1 Å². The standard InChI is InChI=1S/C12H17NO2/c1-2-13-10-12(14)15-9-8-11-6-4-3-5-7-11/h3-7,13H,2,8-10H2,1H3. The zero-order valence-electron chi connectivity index (χ0n) is 9.03. The van der Waals surface area contributed by atoms with Crippen LogP contribution in [0.1, 0.15) is 12.5 Å². The van der Waals surface area contributed by atoms with Crippen molar-refractivity contribution in [3.05, 3.63) is 35.9 Å². The van der Waals surface area contributed by atoms with Gasteiger partial charge in [0, 0.05) is 6.42 Å². The van der Waals surface area contributed by atoms with Crippen molar-refractivity contribution in [1.29, 1.82) is 0 Å². The highest BCUT2D eigenvalue weighted by Gasteiger charge is 2.00. The molecule has 0 heterocycles. The third kappa shape index (κ3) is 5.18. The highest BCUT2D eigenvalue weighted by molar-refractivity contribution is 5.71. The van der Waals surface area contributed by atoms with Crippen LogP contribution in [0.5, 0.6) is 0 Å². The largest absolute Gasteiger partial charge is 0.464 e. The van der Waals surface area contributed by atoms with E-state index in [9.17, 15) is 4.79 Å². The molecule has 0 aliphatic carbocycles. The van der Waals surface area contributed by atoms with Crippen LogP contribution < -0.4 is 5.32 Å². The maximum absolute atomic E-state index is 11.1. The van der Waals surface area contributed by atoms with Gasteiger partial charge >= 0.3 is 5.97 Å². The first-order chi connectivity index (χ1) is 7.33. The molecule has 1 aromatic rings. The van der Waals surface area contributed by atoms with Gasteiger partial charge in [0.2, 0.25) is 0 Å². The minimum atomic E-state index is -0.187. The summed E-state index contributed by atoms with van der Waals surface area (Å²) in [6, 6.07) is 9.99. The fourth-order valence-electron chi connectivity index (χ4n) is 1.21. The topological polar surface area (TPSA) is 38.3 Å². The van der Waals surface area contributed by atoms with E-state index in [2.05, 4.69) is 5.32 Å². The van der Waals surface area contributed by atoms with Gasteiger partial charge in [-0.15, -0.1) is 0 Å². The predicted octanol–water partition coefficient (Wildman–Crippen LogP) is 1.38. The number of rotatable bonds is 6. The van der Waals surface area contributed by atoms with Gasteiger partial charge in [0.25, 0.3) is 0 Å². The molecular formula is C12H17NO2. The van der Waals surface area contributed by atoms with Crippen molar-refractivity contribution in [3.8, 4) is 0 Å². The molecule has 3 nitrogen and oxygen atoms in total. The average Bonchev–Trinajstić information content (AvgIpc) is 2.28. The molecule has 1 N–H and O–H groups in total. The monoisotopic (exact) mass is 207 g/mol. The van der Waals surface area contributed by atoms with E-state index < -0.39 is 0 Å². The molecule has 0 spiro atoms. The molecule has 3 heteroatoms. The van der Waals surface area contributed by atoms with Crippen LogP contribution in [-0.4, -0.2) is 25.7 Å². The van der Waals surface area contributed by atoms with Crippen LogP contribution in [-0.2, 0) is 16.0 Å². The van der Waals surface area contributed by atoms with Crippen LogP contribution in [0.25, 0.3) is 0 Å². The van der Waals surface area contributed by atoms with Gasteiger partial charge in [-0.25, -0.2) is 0 Å². The Morgan fingerprint density at radius 1 is 1.33 bits per heavy atom. The molecule has 0 aliphatic heterocycles. The van der Waals surface area contributed by atoms with Gasteiger partial charge in [0.1, 0.15) is 0 Å². The molecular weight excluding hydrogens is 190 g/mol. The second kappa shape index (κ2) is 7.01. The lowest BCUT2D eigenvalue weighted by Crippen LogP contribution is -2.24. The van der Waals surface area contributed by atoms with Crippen molar-refractivity contribution < 1.29 is 9.53 Å². The molecule has 0 saturated heterocycles. The highest BCUT2D eigenvalue weighted by Crippen LogP contribution is 1.99. The summed E-state index contributed by atoms with van der Waals surface area (Å²) < 4.78 is 5.05. The number of likely N-dealkylation sites (N-methyl/N-ethyl adjacent to an activating group) is 1. The van der Waals surface area contributed by atoms with E-state index in [0.29, 0.717) is 13.2 Å². The number of nitrogens with one attached hydrogen (secondary N) is 1. The summed E-state index contributed by atoms with van der Waals surface area (Å²) >= 11 is 0. The molecule has 0 bridgehead atoms. The lowest BCUT2D eigenvalue weighted by atomic mass is 10.2. The van der Waals surface area contributed by atoms with Crippen LogP contribution in [0.15, 0.2) is 30.3 Å². The Kier molecular flexibility index (Phi) is 5.48. The Morgan fingerprint density at radius 2 is 2.07 bits per heavy atom. The van der Waals surface area contributed by atoms with Gasteiger partial charge in [-0.2, -0.15) is 0 Å². The third-order valence-corrected chi connectivity index (χ3v) is 2.02. The zero-order chi connectivity index (χ0) is 10.9. The number of benzene rings is 1. The van der Waals surface area contributed by atoms with E-state index in [-0.39, 0.29) is 5.97 Å². The number of carbonyl (C=O) groups excluding carboxylic acids is 1. The molecule has 0 saturated carbocycles. The summed E-state index contributed by atoms with van der Waals surface area (Å²) in [7, 11) is 0. The number of ether oxygens (including phenoxy) is 1. The molecule has 0 amide bonds. The molecule has 0 aromatic heterocycles. The van der Waals surface area contributed by atoms with Gasteiger partial charge in [-0.3, -0.25) is 4.79 Å². The maximum Gasteiger partial charge on any atom is 0.319 e. The molecule has 0 fully saturated rings. The molecule has 1 aromatic carbocycles. The minimum Gasteiger partial charge on any atom is -0.464 e. The molecule has 0 aliphatic rings. The fourth-order valence-corrected chi connectivity index (χ4v) is 1.21. The van der Waals surface area contributed by atoms with Gasteiger partial charge in [0.15, 0.2) is 0 Å². The zero-order valence-corrected chi connectivity index (χ0v) is 9.03. The molecule has 1 rings (SSSR count). The van der Waals surface area contributed by atoms with Gasteiger partial charge in [-0.1, -0.05) is 37.3 Å². The van der Waals surface area contributed by atoms with Crippen molar-refractivity contribution in [2.24, 2.45) is 0 Å².